The molecule has 7 nitrogen and oxygen atoms in total. The molecule has 0 radical (unpaired) electrons. The first kappa shape index (κ1) is 24.0. The van der Waals surface area contributed by atoms with E-state index in [1.807, 2.05) is 42.6 Å². The summed E-state index contributed by atoms with van der Waals surface area (Å²) >= 11 is 12.6. The summed E-state index contributed by atoms with van der Waals surface area (Å²) in [7, 11) is 0. The number of nitrogens with zero attached hydrogens (tertiary/aromatic N) is 2. The number of nitrogens with one attached hydrogen (secondary N) is 2. The first-order valence-electron chi connectivity index (χ1n) is 10.6. The summed E-state index contributed by atoms with van der Waals surface area (Å²) in [5.41, 5.74) is 2.59. The van der Waals surface area contributed by atoms with E-state index >= 15 is 0 Å². The van der Waals surface area contributed by atoms with Gasteiger partial charge in [-0.1, -0.05) is 35.3 Å². The van der Waals surface area contributed by atoms with Crippen molar-refractivity contribution in [3.63, 3.8) is 0 Å². The second-order valence-electron chi connectivity index (χ2n) is 8.66. The number of anilines is 1. The molecule has 4 rings (SSSR count). The molecule has 0 spiro atoms. The molecule has 4 aromatic rings. The topological polar surface area (TPSA) is 89.1 Å². The van der Waals surface area contributed by atoms with E-state index < -0.39 is 17.8 Å². The molecule has 0 bridgehead atoms. The standard InChI is InChI=1S/C25H24Cl2N4O3/c1-25(2,3)34-24(32)31-20-11-10-18(22(27)30-20)21(33-14-15-6-8-16(26)9-7-15)19-13-29-23-17(19)5-4-12-28-23/h4-13,21H,14H2,1-3H3,(H,28,29)(H,30,31,32). The molecule has 2 N–H and O–H groups in total. The summed E-state index contributed by atoms with van der Waals surface area (Å²) in [6, 6.07) is 14.7. The van der Waals surface area contributed by atoms with Crippen LogP contribution in [0.15, 0.2) is 60.9 Å². The molecule has 0 saturated heterocycles. The lowest BCUT2D eigenvalue weighted by Crippen LogP contribution is -2.27. The molecule has 1 atom stereocenters. The zero-order chi connectivity index (χ0) is 24.3. The van der Waals surface area contributed by atoms with Gasteiger partial charge in [0.2, 0.25) is 0 Å². The average Bonchev–Trinajstić information content (AvgIpc) is 3.19. The SMILES string of the molecule is CC(C)(C)OC(=O)Nc1ccc(C(OCc2ccc(Cl)cc2)c2c[nH]c3ncccc23)c(Cl)n1. The molecule has 176 valence electrons. The summed E-state index contributed by atoms with van der Waals surface area (Å²) < 4.78 is 11.6. The molecule has 1 aromatic carbocycles. The zero-order valence-electron chi connectivity index (χ0n) is 18.9. The van der Waals surface area contributed by atoms with Crippen molar-refractivity contribution in [2.24, 2.45) is 0 Å². The van der Waals surface area contributed by atoms with Crippen molar-refractivity contribution in [2.45, 2.75) is 39.1 Å². The highest BCUT2D eigenvalue weighted by molar-refractivity contribution is 6.30. The second kappa shape index (κ2) is 10.0. The van der Waals surface area contributed by atoms with E-state index in [-0.39, 0.29) is 11.0 Å². The lowest BCUT2D eigenvalue weighted by molar-refractivity contribution is 0.0635. The Bertz CT molecular complexity index is 1300. The van der Waals surface area contributed by atoms with Crippen molar-refractivity contribution in [3.8, 4) is 0 Å². The molecular weight excluding hydrogens is 475 g/mol. The van der Waals surface area contributed by atoms with Gasteiger partial charge in [-0.25, -0.2) is 14.8 Å². The van der Waals surface area contributed by atoms with E-state index in [1.54, 1.807) is 39.1 Å². The van der Waals surface area contributed by atoms with Gasteiger partial charge in [0.05, 0.1) is 6.61 Å². The van der Waals surface area contributed by atoms with E-state index in [2.05, 4.69) is 20.3 Å². The number of H-pyrrole nitrogens is 1. The third-order valence-electron chi connectivity index (χ3n) is 4.88. The molecule has 3 heterocycles. The summed E-state index contributed by atoms with van der Waals surface area (Å²) in [4.78, 5) is 24.0. The molecule has 0 fully saturated rings. The van der Waals surface area contributed by atoms with Crippen LogP contribution in [0.3, 0.4) is 0 Å². The van der Waals surface area contributed by atoms with Crippen LogP contribution in [0.1, 0.15) is 43.6 Å². The van der Waals surface area contributed by atoms with Crippen molar-refractivity contribution in [3.05, 3.63) is 87.8 Å². The maximum absolute atomic E-state index is 12.1. The minimum atomic E-state index is -0.627. The number of carbonyl (C=O) groups is 1. The van der Waals surface area contributed by atoms with Gasteiger partial charge in [0.15, 0.2) is 0 Å². The fourth-order valence-electron chi connectivity index (χ4n) is 3.42. The van der Waals surface area contributed by atoms with E-state index in [0.717, 1.165) is 22.2 Å². The van der Waals surface area contributed by atoms with Crippen molar-refractivity contribution >= 4 is 46.1 Å². The van der Waals surface area contributed by atoms with Gasteiger partial charge < -0.3 is 14.5 Å². The molecule has 1 amide bonds. The first-order chi connectivity index (χ1) is 16.2. The first-order valence-corrected chi connectivity index (χ1v) is 11.4. The Labute approximate surface area is 207 Å². The molecule has 34 heavy (non-hydrogen) atoms. The van der Waals surface area contributed by atoms with Crippen LogP contribution in [0.2, 0.25) is 10.2 Å². The number of hydrogen-bond donors (Lipinski definition) is 2. The van der Waals surface area contributed by atoms with Gasteiger partial charge in [-0.15, -0.1) is 0 Å². The smallest absolute Gasteiger partial charge is 0.413 e. The number of aromatic nitrogens is 3. The largest absolute Gasteiger partial charge is 0.444 e. The average molecular weight is 499 g/mol. The van der Waals surface area contributed by atoms with E-state index in [0.29, 0.717) is 17.2 Å². The van der Waals surface area contributed by atoms with E-state index in [9.17, 15) is 4.79 Å². The number of halogens is 2. The molecule has 0 aliphatic carbocycles. The van der Waals surface area contributed by atoms with Crippen LogP contribution in [-0.4, -0.2) is 26.6 Å². The number of amides is 1. The lowest BCUT2D eigenvalue weighted by Gasteiger charge is -2.21. The highest BCUT2D eigenvalue weighted by atomic mass is 35.5. The van der Waals surface area contributed by atoms with Crippen LogP contribution < -0.4 is 5.32 Å². The Kier molecular flexibility index (Phi) is 7.07. The van der Waals surface area contributed by atoms with Gasteiger partial charge in [0, 0.05) is 33.9 Å². The van der Waals surface area contributed by atoms with Gasteiger partial charge in [0.1, 0.15) is 28.3 Å². The van der Waals surface area contributed by atoms with Crippen LogP contribution in [0.25, 0.3) is 11.0 Å². The minimum Gasteiger partial charge on any atom is -0.444 e. The number of fused-ring (bicyclic) bond motifs is 1. The number of rotatable bonds is 6. The maximum Gasteiger partial charge on any atom is 0.413 e. The Morgan fingerprint density at radius 3 is 2.56 bits per heavy atom. The quantitative estimate of drug-likeness (QED) is 0.281. The van der Waals surface area contributed by atoms with Gasteiger partial charge in [-0.05, 0) is 62.7 Å². The molecule has 9 heteroatoms. The third-order valence-corrected chi connectivity index (χ3v) is 5.44. The summed E-state index contributed by atoms with van der Waals surface area (Å²) in [6.07, 6.45) is 2.43. The van der Waals surface area contributed by atoms with Crippen molar-refractivity contribution in [1.29, 1.82) is 0 Å². The monoisotopic (exact) mass is 498 g/mol. The predicted molar refractivity (Wildman–Crippen MR) is 133 cm³/mol. The number of pyridine rings is 2. The van der Waals surface area contributed by atoms with Gasteiger partial charge in [-0.2, -0.15) is 0 Å². The molecule has 1 unspecified atom stereocenters. The molecular formula is C25H24Cl2N4O3. The Hall–Kier alpha value is -3.13. The van der Waals surface area contributed by atoms with Crippen LogP contribution in [0.4, 0.5) is 10.6 Å². The number of benzene rings is 1. The van der Waals surface area contributed by atoms with Crippen LogP contribution in [0, 0.1) is 0 Å². The van der Waals surface area contributed by atoms with Crippen molar-refractivity contribution < 1.29 is 14.3 Å². The van der Waals surface area contributed by atoms with E-state index in [4.69, 9.17) is 32.7 Å². The van der Waals surface area contributed by atoms with Gasteiger partial charge in [0.25, 0.3) is 0 Å². The highest BCUT2D eigenvalue weighted by Gasteiger charge is 2.24. The Morgan fingerprint density at radius 2 is 1.85 bits per heavy atom. The van der Waals surface area contributed by atoms with Crippen LogP contribution in [0.5, 0.6) is 0 Å². The molecule has 3 aromatic heterocycles. The molecule has 0 aliphatic rings. The molecule has 0 aliphatic heterocycles. The number of carbonyl (C=O) groups excluding carboxylic acids is 1. The lowest BCUT2D eigenvalue weighted by atomic mass is 10.0. The van der Waals surface area contributed by atoms with E-state index in [1.165, 1.54) is 0 Å². The van der Waals surface area contributed by atoms with Gasteiger partial charge in [-0.3, -0.25) is 5.32 Å². The fraction of sp³-hybridized carbons (Fsp3) is 0.240. The summed E-state index contributed by atoms with van der Waals surface area (Å²) in [6.45, 7) is 5.68. The van der Waals surface area contributed by atoms with Crippen LogP contribution >= 0.6 is 23.2 Å². The minimum absolute atomic E-state index is 0.202. The zero-order valence-corrected chi connectivity index (χ0v) is 20.4. The highest BCUT2D eigenvalue weighted by Crippen LogP contribution is 2.35. The van der Waals surface area contributed by atoms with Crippen molar-refractivity contribution in [1.82, 2.24) is 15.0 Å². The molecule has 0 saturated carbocycles. The number of aromatic amines is 1. The number of hydrogen-bond acceptors (Lipinski definition) is 5. The maximum atomic E-state index is 12.1. The Morgan fingerprint density at radius 1 is 1.09 bits per heavy atom. The third kappa shape index (κ3) is 5.86. The number of ether oxygens (including phenoxy) is 2. The van der Waals surface area contributed by atoms with Crippen molar-refractivity contribution in [2.75, 3.05) is 5.32 Å². The Balaban J connectivity index is 1.64. The fourth-order valence-corrected chi connectivity index (χ4v) is 3.80. The van der Waals surface area contributed by atoms with Crippen LogP contribution in [-0.2, 0) is 16.1 Å². The predicted octanol–water partition coefficient (Wildman–Crippen LogP) is 6.92. The summed E-state index contributed by atoms with van der Waals surface area (Å²) in [5, 5.41) is 4.38. The summed E-state index contributed by atoms with van der Waals surface area (Å²) in [5.74, 6) is 0.278. The second-order valence-corrected chi connectivity index (χ2v) is 9.46. The van der Waals surface area contributed by atoms with Gasteiger partial charge >= 0.3 is 6.09 Å². The normalized spacial score (nSPS) is 12.5.